The van der Waals surface area contributed by atoms with Crippen LogP contribution in [0.1, 0.15) is 11.1 Å². The quantitative estimate of drug-likeness (QED) is 0.701. The fourth-order valence-corrected chi connectivity index (χ4v) is 3.92. The van der Waals surface area contributed by atoms with Gasteiger partial charge in [-0.3, -0.25) is 0 Å². The van der Waals surface area contributed by atoms with Crippen molar-refractivity contribution < 1.29 is 0 Å². The Kier molecular flexibility index (Phi) is 3.13. The second-order valence-electron chi connectivity index (χ2n) is 6.70. The first-order chi connectivity index (χ1) is 12.7. The molecule has 0 bridgehead atoms. The standard InChI is InChI=1S/C24H18N2/c25-17-11-7-15(8-12-17)23-19-3-1-4-20(19)24(22-6-2-5-21(22)23)16-9-13-18(26)14-10-16/h1-14H,25-26H2. The van der Waals surface area contributed by atoms with E-state index in [1.165, 1.54) is 43.8 Å². The molecule has 0 aliphatic heterocycles. The van der Waals surface area contributed by atoms with Crippen LogP contribution < -0.4 is 21.9 Å². The van der Waals surface area contributed by atoms with E-state index in [0.29, 0.717) is 0 Å². The zero-order valence-electron chi connectivity index (χ0n) is 14.2. The first-order valence-corrected chi connectivity index (χ1v) is 8.71. The van der Waals surface area contributed by atoms with E-state index in [2.05, 4.69) is 60.7 Å². The Balaban J connectivity index is 1.87. The number of nitrogen functional groups attached to an aromatic ring is 2. The minimum Gasteiger partial charge on any atom is -0.399 e. The molecule has 3 aromatic carbocycles. The van der Waals surface area contributed by atoms with E-state index in [4.69, 9.17) is 11.5 Å². The van der Waals surface area contributed by atoms with Crippen LogP contribution in [0.25, 0.3) is 46.6 Å². The first kappa shape index (κ1) is 14.8. The molecule has 0 atom stereocenters. The van der Waals surface area contributed by atoms with E-state index in [0.717, 1.165) is 11.4 Å². The minimum atomic E-state index is 0.782. The lowest BCUT2D eigenvalue weighted by atomic mass is 9.88. The molecule has 0 fully saturated rings. The Morgan fingerprint density at radius 2 is 0.885 bits per heavy atom. The smallest absolute Gasteiger partial charge is 0.0314 e. The van der Waals surface area contributed by atoms with Gasteiger partial charge in [0, 0.05) is 11.4 Å². The molecule has 26 heavy (non-hydrogen) atoms. The minimum absolute atomic E-state index is 0.782. The molecule has 0 unspecified atom stereocenters. The van der Waals surface area contributed by atoms with Gasteiger partial charge in [-0.25, -0.2) is 0 Å². The normalized spacial score (nSPS) is 13.2. The number of allylic oxidation sites excluding steroid dienone is 2. The van der Waals surface area contributed by atoms with Crippen molar-refractivity contribution in [3.05, 3.63) is 82.2 Å². The summed E-state index contributed by atoms with van der Waals surface area (Å²) in [4.78, 5) is 0. The number of hydrogen-bond donors (Lipinski definition) is 2. The lowest BCUT2D eigenvalue weighted by Gasteiger charge is -2.15. The van der Waals surface area contributed by atoms with Crippen LogP contribution in [0.3, 0.4) is 0 Å². The molecule has 0 spiro atoms. The van der Waals surface area contributed by atoms with Gasteiger partial charge in [-0.15, -0.1) is 0 Å². The van der Waals surface area contributed by atoms with Crippen molar-refractivity contribution in [3.63, 3.8) is 0 Å². The van der Waals surface area contributed by atoms with Crippen molar-refractivity contribution in [1.82, 2.24) is 0 Å². The van der Waals surface area contributed by atoms with Gasteiger partial charge in [0.05, 0.1) is 0 Å². The molecule has 0 radical (unpaired) electrons. The molecule has 2 nitrogen and oxygen atoms in total. The van der Waals surface area contributed by atoms with Crippen molar-refractivity contribution in [1.29, 1.82) is 0 Å². The van der Waals surface area contributed by atoms with Crippen LogP contribution in [0, 0.1) is 0 Å². The van der Waals surface area contributed by atoms with Crippen LogP contribution in [0.5, 0.6) is 0 Å². The average molecular weight is 334 g/mol. The van der Waals surface area contributed by atoms with Crippen LogP contribution in [0.2, 0.25) is 0 Å². The Morgan fingerprint density at radius 1 is 0.500 bits per heavy atom. The summed E-state index contributed by atoms with van der Waals surface area (Å²) in [6.45, 7) is 0. The van der Waals surface area contributed by atoms with Crippen LogP contribution in [-0.2, 0) is 0 Å². The monoisotopic (exact) mass is 334 g/mol. The highest BCUT2D eigenvalue weighted by Gasteiger charge is 2.19. The van der Waals surface area contributed by atoms with E-state index in [1.54, 1.807) is 0 Å². The zero-order valence-corrected chi connectivity index (χ0v) is 14.2. The van der Waals surface area contributed by atoms with E-state index in [1.807, 2.05) is 24.3 Å². The van der Waals surface area contributed by atoms with E-state index < -0.39 is 0 Å². The van der Waals surface area contributed by atoms with Gasteiger partial charge in [0.1, 0.15) is 0 Å². The number of rotatable bonds is 2. The highest BCUT2D eigenvalue weighted by Crippen LogP contribution is 2.30. The summed E-state index contributed by atoms with van der Waals surface area (Å²) in [6.07, 6.45) is 13.1. The second kappa shape index (κ2) is 5.50. The predicted octanol–water partition coefficient (Wildman–Crippen LogP) is 3.80. The molecule has 5 rings (SSSR count). The van der Waals surface area contributed by atoms with Gasteiger partial charge >= 0.3 is 0 Å². The third kappa shape index (κ3) is 2.12. The molecule has 0 amide bonds. The lowest BCUT2D eigenvalue weighted by molar-refractivity contribution is 1.47. The van der Waals surface area contributed by atoms with Gasteiger partial charge in [0.2, 0.25) is 0 Å². The zero-order chi connectivity index (χ0) is 17.7. The first-order valence-electron chi connectivity index (χ1n) is 8.71. The predicted molar refractivity (Wildman–Crippen MR) is 112 cm³/mol. The van der Waals surface area contributed by atoms with E-state index in [9.17, 15) is 0 Å². The fraction of sp³-hybridized carbons (Fsp3) is 0. The molecule has 4 N–H and O–H groups in total. The number of hydrogen-bond acceptors (Lipinski definition) is 2. The Morgan fingerprint density at radius 3 is 1.27 bits per heavy atom. The van der Waals surface area contributed by atoms with Gasteiger partial charge < -0.3 is 11.5 Å². The van der Waals surface area contributed by atoms with E-state index >= 15 is 0 Å². The Hall–Kier alpha value is -3.52. The maximum Gasteiger partial charge on any atom is 0.0314 e. The SMILES string of the molecule is Nc1ccc(-c2c3c(c(-c4ccc(N)cc4)c4c2=CC=C4)=CC=C3)cc1. The maximum absolute atomic E-state index is 5.89. The lowest BCUT2D eigenvalue weighted by Crippen LogP contribution is -2.21. The maximum atomic E-state index is 5.89. The summed E-state index contributed by atoms with van der Waals surface area (Å²) >= 11 is 0. The summed E-state index contributed by atoms with van der Waals surface area (Å²) in [5.41, 5.74) is 20.8. The molecule has 2 aliphatic rings. The summed E-state index contributed by atoms with van der Waals surface area (Å²) in [7, 11) is 0. The van der Waals surface area contributed by atoms with Gasteiger partial charge in [0.25, 0.3) is 0 Å². The van der Waals surface area contributed by atoms with Crippen molar-refractivity contribution >= 4 is 35.7 Å². The highest BCUT2D eigenvalue weighted by atomic mass is 14.5. The molecular formula is C24H18N2. The van der Waals surface area contributed by atoms with Crippen molar-refractivity contribution in [3.8, 4) is 22.3 Å². The number of fused-ring (bicyclic) bond motifs is 2. The van der Waals surface area contributed by atoms with Gasteiger partial charge in [-0.2, -0.15) is 0 Å². The third-order valence-electron chi connectivity index (χ3n) is 5.11. The van der Waals surface area contributed by atoms with Crippen LogP contribution in [-0.4, -0.2) is 0 Å². The van der Waals surface area contributed by atoms with Crippen LogP contribution in [0.4, 0.5) is 11.4 Å². The highest BCUT2D eigenvalue weighted by molar-refractivity contribution is 5.94. The van der Waals surface area contributed by atoms with Crippen LogP contribution >= 0.6 is 0 Å². The summed E-state index contributed by atoms with van der Waals surface area (Å²) < 4.78 is 0. The molecule has 0 saturated carbocycles. The second-order valence-corrected chi connectivity index (χ2v) is 6.70. The summed E-state index contributed by atoms with van der Waals surface area (Å²) in [5.74, 6) is 0. The van der Waals surface area contributed by atoms with Crippen molar-refractivity contribution in [2.24, 2.45) is 0 Å². The number of anilines is 2. The summed E-state index contributed by atoms with van der Waals surface area (Å²) in [6, 6.07) is 16.3. The molecule has 3 aromatic rings. The number of benzene rings is 3. The largest absolute Gasteiger partial charge is 0.399 e. The molecule has 2 aliphatic carbocycles. The van der Waals surface area contributed by atoms with Crippen LogP contribution in [0.15, 0.2) is 60.7 Å². The van der Waals surface area contributed by atoms with Gasteiger partial charge in [-0.05, 0) is 68.1 Å². The van der Waals surface area contributed by atoms with E-state index in [-0.39, 0.29) is 0 Å². The topological polar surface area (TPSA) is 52.0 Å². The Labute approximate surface area is 152 Å². The molecule has 2 heteroatoms. The number of nitrogens with two attached hydrogens (primary N) is 2. The fourth-order valence-electron chi connectivity index (χ4n) is 3.92. The average Bonchev–Trinajstić information content (AvgIpc) is 3.31. The molecule has 0 heterocycles. The van der Waals surface area contributed by atoms with Gasteiger partial charge in [-0.1, -0.05) is 60.7 Å². The third-order valence-corrected chi connectivity index (χ3v) is 5.11. The van der Waals surface area contributed by atoms with Crippen molar-refractivity contribution in [2.45, 2.75) is 0 Å². The van der Waals surface area contributed by atoms with Crippen molar-refractivity contribution in [2.75, 3.05) is 11.5 Å². The molecular weight excluding hydrogens is 316 g/mol. The molecule has 0 saturated heterocycles. The molecule has 124 valence electrons. The summed E-state index contributed by atoms with van der Waals surface area (Å²) in [5, 5.41) is 2.53. The van der Waals surface area contributed by atoms with Gasteiger partial charge in [0.15, 0.2) is 0 Å². The Bertz CT molecular complexity index is 1110. The molecule has 0 aromatic heterocycles.